The average molecular weight is 465 g/mol. The zero-order valence-electron chi connectivity index (χ0n) is 17.8. The number of halogens is 3. The number of carbonyl (C=O) groups is 1. The van der Waals surface area contributed by atoms with Crippen molar-refractivity contribution in [2.75, 3.05) is 6.61 Å². The molecule has 0 radical (unpaired) electrons. The molecular weight excluding hydrogens is 441 g/mol. The number of furan rings is 1. The van der Waals surface area contributed by atoms with Crippen LogP contribution in [-0.2, 0) is 16.7 Å². The molecule has 2 aromatic carbocycles. The van der Waals surface area contributed by atoms with Crippen LogP contribution in [0, 0.1) is 6.92 Å². The van der Waals surface area contributed by atoms with Gasteiger partial charge in [0, 0.05) is 21.8 Å². The number of hydrogen-bond donors (Lipinski definition) is 1. The van der Waals surface area contributed by atoms with Gasteiger partial charge in [0.15, 0.2) is 6.61 Å². The van der Waals surface area contributed by atoms with Crippen LogP contribution in [0.25, 0.3) is 11.3 Å². The van der Waals surface area contributed by atoms with Gasteiger partial charge in [-0.1, -0.05) is 26.0 Å². The normalized spacial score (nSPS) is 11.7. The average Bonchev–Trinajstić information content (AvgIpc) is 3.11. The summed E-state index contributed by atoms with van der Waals surface area (Å²) in [6.45, 7) is 5.45. The first-order chi connectivity index (χ1) is 15.0. The van der Waals surface area contributed by atoms with Gasteiger partial charge in [-0.25, -0.2) is 4.79 Å². The SMILES string of the molecule is Cc1oc(-c2ccc(C(F)(F)F)cc2)cc1CSc1ccc(OCC(=O)O)c(C(C)C)c1. The third-order valence-corrected chi connectivity index (χ3v) is 5.91. The molecule has 0 aliphatic carbocycles. The molecule has 3 aromatic rings. The number of carboxylic acid groups (broad SMARTS) is 1. The maximum Gasteiger partial charge on any atom is 0.416 e. The molecule has 0 saturated heterocycles. The first-order valence-electron chi connectivity index (χ1n) is 9.93. The first kappa shape index (κ1) is 23.8. The predicted octanol–water partition coefficient (Wildman–Crippen LogP) is 7.15. The summed E-state index contributed by atoms with van der Waals surface area (Å²) in [5, 5.41) is 8.84. The highest BCUT2D eigenvalue weighted by molar-refractivity contribution is 7.98. The zero-order chi connectivity index (χ0) is 23.5. The minimum absolute atomic E-state index is 0.154. The quantitative estimate of drug-likeness (QED) is 0.359. The van der Waals surface area contributed by atoms with Gasteiger partial charge < -0.3 is 14.3 Å². The maximum absolute atomic E-state index is 12.8. The molecule has 0 amide bonds. The van der Waals surface area contributed by atoms with Crippen LogP contribution in [0.3, 0.4) is 0 Å². The van der Waals surface area contributed by atoms with Crippen molar-refractivity contribution in [2.45, 2.75) is 43.5 Å². The molecule has 0 aliphatic rings. The van der Waals surface area contributed by atoms with Gasteiger partial charge in [0.1, 0.15) is 17.3 Å². The van der Waals surface area contributed by atoms with E-state index in [0.717, 1.165) is 28.2 Å². The predicted molar refractivity (Wildman–Crippen MR) is 117 cm³/mol. The number of alkyl halides is 3. The number of aliphatic carboxylic acids is 1. The molecule has 4 nitrogen and oxygen atoms in total. The third kappa shape index (κ3) is 5.88. The summed E-state index contributed by atoms with van der Waals surface area (Å²) in [4.78, 5) is 11.8. The van der Waals surface area contributed by atoms with Crippen LogP contribution >= 0.6 is 11.8 Å². The molecule has 1 aromatic heterocycles. The van der Waals surface area contributed by atoms with Crippen LogP contribution in [-0.4, -0.2) is 17.7 Å². The van der Waals surface area contributed by atoms with Gasteiger partial charge in [0.2, 0.25) is 0 Å². The van der Waals surface area contributed by atoms with Crippen molar-refractivity contribution in [1.82, 2.24) is 0 Å². The van der Waals surface area contributed by atoms with Gasteiger partial charge in [0.25, 0.3) is 0 Å². The number of thioether (sulfide) groups is 1. The van der Waals surface area contributed by atoms with Crippen LogP contribution in [0.2, 0.25) is 0 Å². The Labute approximate surface area is 188 Å². The van der Waals surface area contributed by atoms with E-state index in [0.29, 0.717) is 28.6 Å². The fourth-order valence-electron chi connectivity index (χ4n) is 3.13. The van der Waals surface area contributed by atoms with Gasteiger partial charge in [-0.15, -0.1) is 11.8 Å². The Balaban J connectivity index is 1.73. The minimum Gasteiger partial charge on any atom is -0.482 e. The van der Waals surface area contributed by atoms with E-state index in [1.54, 1.807) is 17.8 Å². The summed E-state index contributed by atoms with van der Waals surface area (Å²) in [6, 6.07) is 12.4. The number of carboxylic acids is 1. The summed E-state index contributed by atoms with van der Waals surface area (Å²) in [7, 11) is 0. The summed E-state index contributed by atoms with van der Waals surface area (Å²) in [5.41, 5.74) is 1.75. The highest BCUT2D eigenvalue weighted by atomic mass is 32.2. The molecule has 0 bridgehead atoms. The van der Waals surface area contributed by atoms with Crippen molar-refractivity contribution < 1.29 is 32.2 Å². The van der Waals surface area contributed by atoms with Crippen LogP contribution in [0.5, 0.6) is 5.75 Å². The summed E-state index contributed by atoms with van der Waals surface area (Å²) in [6.07, 6.45) is -4.37. The molecule has 0 atom stereocenters. The van der Waals surface area contributed by atoms with Crippen LogP contribution in [0.1, 0.15) is 42.2 Å². The topological polar surface area (TPSA) is 59.7 Å². The second-order valence-corrected chi connectivity index (χ2v) is 8.64. The third-order valence-electron chi connectivity index (χ3n) is 4.87. The zero-order valence-corrected chi connectivity index (χ0v) is 18.6. The summed E-state index contributed by atoms with van der Waals surface area (Å²) >= 11 is 1.59. The van der Waals surface area contributed by atoms with E-state index >= 15 is 0 Å². The summed E-state index contributed by atoms with van der Waals surface area (Å²) in [5.74, 6) is 1.52. The number of rotatable bonds is 8. The molecule has 0 fully saturated rings. The minimum atomic E-state index is -4.37. The molecular formula is C24H23F3O4S. The molecule has 8 heteroatoms. The second kappa shape index (κ2) is 9.73. The van der Waals surface area contributed by atoms with E-state index in [-0.39, 0.29) is 5.92 Å². The van der Waals surface area contributed by atoms with E-state index in [9.17, 15) is 18.0 Å². The number of benzene rings is 2. The van der Waals surface area contributed by atoms with Crippen molar-refractivity contribution in [3.05, 3.63) is 71.0 Å². The Hall–Kier alpha value is -2.87. The fourth-order valence-corrected chi connectivity index (χ4v) is 4.11. The van der Waals surface area contributed by atoms with Gasteiger partial charge in [-0.2, -0.15) is 13.2 Å². The Morgan fingerprint density at radius 3 is 2.41 bits per heavy atom. The smallest absolute Gasteiger partial charge is 0.416 e. The van der Waals surface area contributed by atoms with Crippen molar-refractivity contribution >= 4 is 17.7 Å². The fraction of sp³-hybridized carbons (Fsp3) is 0.292. The van der Waals surface area contributed by atoms with Crippen LogP contribution in [0.4, 0.5) is 13.2 Å². The van der Waals surface area contributed by atoms with Gasteiger partial charge in [-0.05, 0) is 54.8 Å². The van der Waals surface area contributed by atoms with Gasteiger partial charge in [-0.3, -0.25) is 0 Å². The largest absolute Gasteiger partial charge is 0.482 e. The van der Waals surface area contributed by atoms with Crippen LogP contribution in [0.15, 0.2) is 57.8 Å². The Morgan fingerprint density at radius 2 is 1.81 bits per heavy atom. The number of hydrogen-bond acceptors (Lipinski definition) is 4. The maximum atomic E-state index is 12.8. The Morgan fingerprint density at radius 1 is 1.12 bits per heavy atom. The van der Waals surface area contributed by atoms with Crippen molar-refractivity contribution in [3.63, 3.8) is 0 Å². The van der Waals surface area contributed by atoms with Crippen molar-refractivity contribution in [3.8, 4) is 17.1 Å². The molecule has 0 spiro atoms. The molecule has 1 heterocycles. The van der Waals surface area contributed by atoms with Gasteiger partial charge >= 0.3 is 12.1 Å². The van der Waals surface area contributed by atoms with E-state index in [4.69, 9.17) is 14.3 Å². The monoisotopic (exact) mass is 464 g/mol. The van der Waals surface area contributed by atoms with Gasteiger partial charge in [0.05, 0.1) is 5.56 Å². The van der Waals surface area contributed by atoms with E-state index in [1.807, 2.05) is 39.0 Å². The number of aryl methyl sites for hydroxylation is 1. The molecule has 0 unspecified atom stereocenters. The molecule has 0 aliphatic heterocycles. The molecule has 0 saturated carbocycles. The van der Waals surface area contributed by atoms with Crippen molar-refractivity contribution in [2.24, 2.45) is 0 Å². The summed E-state index contributed by atoms with van der Waals surface area (Å²) < 4.78 is 49.5. The lowest BCUT2D eigenvalue weighted by atomic mass is 10.0. The molecule has 32 heavy (non-hydrogen) atoms. The highest BCUT2D eigenvalue weighted by Gasteiger charge is 2.30. The van der Waals surface area contributed by atoms with E-state index in [1.165, 1.54) is 12.1 Å². The second-order valence-electron chi connectivity index (χ2n) is 7.59. The molecule has 1 N–H and O–H groups in total. The lowest BCUT2D eigenvalue weighted by Crippen LogP contribution is -2.10. The van der Waals surface area contributed by atoms with Crippen LogP contribution < -0.4 is 4.74 Å². The molecule has 170 valence electrons. The lowest BCUT2D eigenvalue weighted by molar-refractivity contribution is -0.139. The lowest BCUT2D eigenvalue weighted by Gasteiger charge is -2.14. The Kier molecular flexibility index (Phi) is 7.23. The first-order valence-corrected chi connectivity index (χ1v) is 10.9. The highest BCUT2D eigenvalue weighted by Crippen LogP contribution is 2.35. The number of ether oxygens (including phenoxy) is 1. The van der Waals surface area contributed by atoms with E-state index < -0.39 is 24.3 Å². The Bertz CT molecular complexity index is 1090. The molecule has 3 rings (SSSR count). The standard InChI is InChI=1S/C24H23F3O4S/c1-14(2)20-11-19(8-9-21(20)30-12-23(28)29)32-13-17-10-22(31-15(17)3)16-4-6-18(7-5-16)24(25,26)27/h4-11,14H,12-13H2,1-3H3,(H,28,29). The van der Waals surface area contributed by atoms with E-state index in [2.05, 4.69) is 0 Å². The van der Waals surface area contributed by atoms with Crippen molar-refractivity contribution in [1.29, 1.82) is 0 Å².